The number of benzene rings is 3. The van der Waals surface area contributed by atoms with Crippen molar-refractivity contribution in [2.45, 2.75) is 27.2 Å². The Morgan fingerprint density at radius 1 is 0.977 bits per heavy atom. The molecule has 3 heterocycles. The summed E-state index contributed by atoms with van der Waals surface area (Å²) < 4.78 is 15.0. The van der Waals surface area contributed by atoms with Crippen molar-refractivity contribution in [3.63, 3.8) is 0 Å². The number of hydrogen-bond acceptors (Lipinski definition) is 7. The molecule has 0 N–H and O–H groups in total. The molecule has 3 aromatic heterocycles. The van der Waals surface area contributed by atoms with Crippen LogP contribution in [-0.4, -0.2) is 38.1 Å². The van der Waals surface area contributed by atoms with Crippen LogP contribution in [0.5, 0.6) is 11.5 Å². The zero-order valence-electron chi connectivity index (χ0n) is 25.1. The van der Waals surface area contributed by atoms with E-state index in [9.17, 15) is 4.79 Å². The number of thiazole rings is 1. The van der Waals surface area contributed by atoms with E-state index >= 15 is 0 Å². The molecule has 0 radical (unpaired) electrons. The summed E-state index contributed by atoms with van der Waals surface area (Å²) in [5.41, 5.74) is 5.26. The smallest absolute Gasteiger partial charge is 0.291 e. The van der Waals surface area contributed by atoms with E-state index in [-0.39, 0.29) is 5.56 Å². The highest BCUT2D eigenvalue weighted by Gasteiger charge is 2.15. The molecule has 0 amide bonds. The van der Waals surface area contributed by atoms with Gasteiger partial charge >= 0.3 is 0 Å². The number of aryl methyl sites for hydroxylation is 1. The molecular formula is C35H33N5O3S. The Bertz CT molecular complexity index is 2040. The van der Waals surface area contributed by atoms with Crippen molar-refractivity contribution in [1.82, 2.24) is 24.4 Å². The third kappa shape index (κ3) is 6.33. The number of ether oxygens (including phenoxy) is 2. The quantitative estimate of drug-likeness (QED) is 0.179. The Labute approximate surface area is 259 Å². The molecule has 0 unspecified atom stereocenters. The Kier molecular flexibility index (Phi) is 8.38. The lowest BCUT2D eigenvalue weighted by atomic mass is 10.0. The molecule has 0 saturated carbocycles. The molecule has 6 rings (SSSR count). The van der Waals surface area contributed by atoms with Gasteiger partial charge in [-0.2, -0.15) is 14.6 Å². The van der Waals surface area contributed by atoms with Gasteiger partial charge in [0, 0.05) is 17.3 Å². The summed E-state index contributed by atoms with van der Waals surface area (Å²) in [7, 11) is 1.64. The third-order valence-corrected chi connectivity index (χ3v) is 8.15. The maximum atomic E-state index is 13.4. The molecule has 0 spiro atoms. The van der Waals surface area contributed by atoms with Gasteiger partial charge in [-0.1, -0.05) is 61.6 Å². The van der Waals surface area contributed by atoms with Crippen LogP contribution in [0.3, 0.4) is 0 Å². The van der Waals surface area contributed by atoms with Gasteiger partial charge in [-0.25, -0.2) is 4.68 Å². The van der Waals surface area contributed by atoms with Crippen molar-refractivity contribution in [2.75, 3.05) is 13.7 Å². The van der Waals surface area contributed by atoms with Crippen LogP contribution in [0.2, 0.25) is 0 Å². The van der Waals surface area contributed by atoms with E-state index < -0.39 is 0 Å². The van der Waals surface area contributed by atoms with Gasteiger partial charge in [0.25, 0.3) is 5.56 Å². The number of rotatable bonds is 10. The average Bonchev–Trinajstić information content (AvgIpc) is 3.72. The van der Waals surface area contributed by atoms with E-state index in [1.54, 1.807) is 13.2 Å². The van der Waals surface area contributed by atoms with E-state index in [2.05, 4.69) is 30.0 Å². The highest BCUT2D eigenvalue weighted by molar-refractivity contribution is 7.15. The maximum absolute atomic E-state index is 13.4. The van der Waals surface area contributed by atoms with Crippen LogP contribution in [0.15, 0.2) is 83.8 Å². The second kappa shape index (κ2) is 12.7. The normalized spacial score (nSPS) is 12.2. The monoisotopic (exact) mass is 603 g/mol. The summed E-state index contributed by atoms with van der Waals surface area (Å²) in [5.74, 6) is 2.71. The maximum Gasteiger partial charge on any atom is 0.291 e. The molecule has 0 saturated heterocycles. The summed E-state index contributed by atoms with van der Waals surface area (Å²) >= 11 is 1.31. The first-order valence-electron chi connectivity index (χ1n) is 14.5. The molecule has 8 nitrogen and oxygen atoms in total. The Balaban J connectivity index is 1.34. The van der Waals surface area contributed by atoms with Gasteiger partial charge in [0.05, 0.1) is 23.9 Å². The summed E-state index contributed by atoms with van der Waals surface area (Å²) in [6, 6.07) is 23.7. The second-order valence-electron chi connectivity index (χ2n) is 10.9. The van der Waals surface area contributed by atoms with Crippen LogP contribution >= 0.6 is 11.3 Å². The summed E-state index contributed by atoms with van der Waals surface area (Å²) in [6.07, 6.45) is 8.53. The Morgan fingerprint density at radius 2 is 1.77 bits per heavy atom. The fraction of sp³-hybridized carbons (Fsp3) is 0.200. The lowest BCUT2D eigenvalue weighted by molar-refractivity contribution is 0.288. The van der Waals surface area contributed by atoms with Crippen molar-refractivity contribution < 1.29 is 9.47 Å². The van der Waals surface area contributed by atoms with Crippen molar-refractivity contribution in [3.05, 3.63) is 116 Å². The van der Waals surface area contributed by atoms with Crippen LogP contribution in [0, 0.1) is 12.8 Å². The van der Waals surface area contributed by atoms with Crippen LogP contribution in [0.4, 0.5) is 0 Å². The minimum absolute atomic E-state index is 0.218. The van der Waals surface area contributed by atoms with Gasteiger partial charge < -0.3 is 9.47 Å². The fourth-order valence-corrected chi connectivity index (χ4v) is 5.65. The van der Waals surface area contributed by atoms with Crippen molar-refractivity contribution >= 4 is 34.5 Å². The van der Waals surface area contributed by atoms with Crippen LogP contribution in [0.25, 0.3) is 40.1 Å². The largest absolute Gasteiger partial charge is 0.497 e. The van der Waals surface area contributed by atoms with E-state index in [4.69, 9.17) is 14.6 Å². The number of para-hydroxylation sites is 1. The molecule has 44 heavy (non-hydrogen) atoms. The van der Waals surface area contributed by atoms with Crippen molar-refractivity contribution in [2.24, 2.45) is 5.92 Å². The van der Waals surface area contributed by atoms with Crippen LogP contribution in [0.1, 0.15) is 42.8 Å². The van der Waals surface area contributed by atoms with Gasteiger partial charge in [-0.05, 0) is 85.0 Å². The van der Waals surface area contributed by atoms with Crippen LogP contribution < -0.4 is 19.6 Å². The number of aromatic nitrogens is 5. The molecular weight excluding hydrogens is 570 g/mol. The lowest BCUT2D eigenvalue weighted by Crippen LogP contribution is -2.23. The minimum atomic E-state index is -0.218. The highest BCUT2D eigenvalue weighted by Crippen LogP contribution is 2.29. The molecule has 0 aliphatic heterocycles. The Hall–Kier alpha value is -5.02. The number of nitrogens with zero attached hydrogens (tertiary/aromatic N) is 5. The number of methoxy groups -OCH3 is 1. The first-order valence-corrected chi connectivity index (χ1v) is 15.3. The number of hydrogen-bond donors (Lipinski definition) is 0. The molecule has 0 fully saturated rings. The lowest BCUT2D eigenvalue weighted by Gasteiger charge is -2.11. The topological polar surface area (TPSA) is 83.5 Å². The zero-order valence-corrected chi connectivity index (χ0v) is 25.9. The molecule has 0 bridgehead atoms. The molecule has 6 aromatic rings. The van der Waals surface area contributed by atoms with Gasteiger partial charge in [-0.15, -0.1) is 5.10 Å². The van der Waals surface area contributed by atoms with E-state index in [1.165, 1.54) is 15.9 Å². The Morgan fingerprint density at radius 3 is 2.48 bits per heavy atom. The minimum Gasteiger partial charge on any atom is -0.497 e. The second-order valence-corrected chi connectivity index (χ2v) is 11.9. The summed E-state index contributed by atoms with van der Waals surface area (Å²) in [6.45, 7) is 7.10. The van der Waals surface area contributed by atoms with Gasteiger partial charge in [0.1, 0.15) is 17.2 Å². The zero-order chi connectivity index (χ0) is 30.6. The van der Waals surface area contributed by atoms with Gasteiger partial charge in [0.2, 0.25) is 4.96 Å². The molecule has 0 aliphatic rings. The predicted octanol–water partition coefficient (Wildman–Crippen LogP) is 6.46. The molecule has 9 heteroatoms. The highest BCUT2D eigenvalue weighted by atomic mass is 32.1. The first-order chi connectivity index (χ1) is 21.4. The summed E-state index contributed by atoms with van der Waals surface area (Å²) in [4.78, 5) is 18.5. The van der Waals surface area contributed by atoms with Crippen LogP contribution in [-0.2, 0) is 0 Å². The SMILES string of the molecule is COc1ccc(/C=C/c2nc3s/c(=C\c4cn(-c5ccccc5)nc4-c4ccc(OCCC(C)C)c(C)c4)c(=O)n3n2)cc1. The van der Waals surface area contributed by atoms with E-state index in [1.807, 2.05) is 96.7 Å². The van der Waals surface area contributed by atoms with E-state index in [0.29, 0.717) is 27.8 Å². The average molecular weight is 604 g/mol. The third-order valence-electron chi connectivity index (χ3n) is 7.19. The van der Waals surface area contributed by atoms with Gasteiger partial charge in [-0.3, -0.25) is 4.79 Å². The van der Waals surface area contributed by atoms with Gasteiger partial charge in [0.15, 0.2) is 5.82 Å². The molecule has 222 valence electrons. The predicted molar refractivity (Wildman–Crippen MR) is 177 cm³/mol. The fourth-order valence-electron chi connectivity index (χ4n) is 4.74. The van der Waals surface area contributed by atoms with Crippen molar-refractivity contribution in [3.8, 4) is 28.4 Å². The molecule has 0 atom stereocenters. The number of fused-ring (bicyclic) bond motifs is 1. The molecule has 0 aliphatic carbocycles. The van der Waals surface area contributed by atoms with E-state index in [0.717, 1.165) is 51.6 Å². The molecule has 3 aromatic carbocycles. The standard InChI is InChI=1S/C35H33N5O3S/c1-23(2)18-19-43-30-16-13-26(20-24(30)3)33-27(22-39(38-33)28-8-6-5-7-9-28)21-31-34(41)40-35(44-31)36-32(37-40)17-12-25-10-14-29(42-4)15-11-25/h5-17,20-23H,18-19H2,1-4H3/b17-12+,31-21-. The first kappa shape index (κ1) is 29.1. The summed E-state index contributed by atoms with van der Waals surface area (Å²) in [5, 5.41) is 9.39. The van der Waals surface area contributed by atoms with Crippen molar-refractivity contribution in [1.29, 1.82) is 0 Å².